The van der Waals surface area contributed by atoms with Gasteiger partial charge in [0.1, 0.15) is 12.4 Å². The summed E-state index contributed by atoms with van der Waals surface area (Å²) in [5, 5.41) is 0.922. The lowest BCUT2D eigenvalue weighted by molar-refractivity contribution is -0.136. The number of carbonyl (C=O) groups excluding carboxylic acids is 1. The highest BCUT2D eigenvalue weighted by Gasteiger charge is 2.31. The molecule has 0 unspecified atom stereocenters. The minimum absolute atomic E-state index is 0.219. The molecule has 0 saturated carbocycles. The average molecular weight is 797 g/mol. The number of esters is 1. The van der Waals surface area contributed by atoms with Gasteiger partial charge in [0.25, 0.3) is 5.56 Å². The van der Waals surface area contributed by atoms with Crippen molar-refractivity contribution in [1.29, 1.82) is 0 Å². The third kappa shape index (κ3) is 7.18. The molecule has 1 aliphatic rings. The molecule has 1 aliphatic heterocycles. The van der Waals surface area contributed by atoms with E-state index in [1.54, 1.807) is 30.3 Å². The van der Waals surface area contributed by atoms with Gasteiger partial charge >= 0.3 is 5.97 Å². The molecule has 1 aromatic heterocycles. The Hall–Kier alpha value is -3.09. The van der Waals surface area contributed by atoms with Gasteiger partial charge in [-0.05, 0) is 105 Å². The van der Waals surface area contributed by atoms with Gasteiger partial charge in [0.2, 0.25) is 0 Å². The van der Waals surface area contributed by atoms with Crippen LogP contribution in [-0.4, -0.2) is 30.9 Å². The standard InChI is InChI=1S/C32H26Br2Cl2N2O6S/c1-4-42-25-9-7-19(14-26(25)43-5-2)28-20(31(40)41-3)15-37-32-38(28)30(39)27(45-32)13-18-10-21(33)29(22(34)11-18)44-16-17-6-8-23(35)24(36)12-17/h6-15,28H,4-5,16H2,1-3H3/b27-13-/t28-/m1/s1. The Labute approximate surface area is 289 Å². The van der Waals surface area contributed by atoms with Crippen LogP contribution in [0.4, 0.5) is 0 Å². The van der Waals surface area contributed by atoms with Crippen LogP contribution in [-0.2, 0) is 16.1 Å². The fraction of sp³-hybridized carbons (Fsp3) is 0.219. The van der Waals surface area contributed by atoms with E-state index in [1.807, 2.05) is 38.1 Å². The molecule has 0 saturated heterocycles. The molecule has 2 heterocycles. The van der Waals surface area contributed by atoms with E-state index in [2.05, 4.69) is 36.9 Å². The maximum atomic E-state index is 14.0. The van der Waals surface area contributed by atoms with E-state index in [0.717, 1.165) is 11.1 Å². The molecule has 0 radical (unpaired) electrons. The molecule has 4 aromatic rings. The van der Waals surface area contributed by atoms with Crippen LogP contribution in [0.25, 0.3) is 6.08 Å². The van der Waals surface area contributed by atoms with Gasteiger partial charge in [-0.3, -0.25) is 9.36 Å². The van der Waals surface area contributed by atoms with E-state index in [-0.39, 0.29) is 17.7 Å². The lowest BCUT2D eigenvalue weighted by Gasteiger charge is -2.23. The highest BCUT2D eigenvalue weighted by Crippen LogP contribution is 2.37. The number of halogens is 4. The number of hydrogen-bond donors (Lipinski definition) is 0. The first kappa shape index (κ1) is 33.3. The summed E-state index contributed by atoms with van der Waals surface area (Å²) >= 11 is 20.6. The van der Waals surface area contributed by atoms with E-state index < -0.39 is 12.0 Å². The molecule has 234 valence electrons. The molecule has 3 aromatic carbocycles. The molecule has 0 fully saturated rings. The van der Waals surface area contributed by atoms with Crippen molar-refractivity contribution in [1.82, 2.24) is 4.57 Å². The van der Waals surface area contributed by atoms with Gasteiger partial charge in [-0.25, -0.2) is 9.79 Å². The zero-order valence-corrected chi connectivity index (χ0v) is 29.7. The molecule has 1 atom stereocenters. The summed E-state index contributed by atoms with van der Waals surface area (Å²) in [6, 6.07) is 13.6. The van der Waals surface area contributed by atoms with Crippen molar-refractivity contribution in [3.8, 4) is 17.2 Å². The fourth-order valence-corrected chi connectivity index (χ4v) is 7.47. The van der Waals surface area contributed by atoms with Crippen LogP contribution >= 0.6 is 66.4 Å². The molecule has 13 heteroatoms. The van der Waals surface area contributed by atoms with Gasteiger partial charge in [-0.2, -0.15) is 0 Å². The zero-order chi connectivity index (χ0) is 32.2. The fourth-order valence-electron chi connectivity index (χ4n) is 4.72. The second-order valence-electron chi connectivity index (χ2n) is 9.60. The van der Waals surface area contributed by atoms with Gasteiger partial charge in [0.05, 0.1) is 55.5 Å². The maximum absolute atomic E-state index is 14.0. The van der Waals surface area contributed by atoms with Crippen molar-refractivity contribution < 1.29 is 23.7 Å². The Morgan fingerprint density at radius 2 is 1.69 bits per heavy atom. The minimum atomic E-state index is -0.790. The Morgan fingerprint density at radius 3 is 2.36 bits per heavy atom. The molecule has 45 heavy (non-hydrogen) atoms. The summed E-state index contributed by atoms with van der Waals surface area (Å²) in [5.74, 6) is 1.08. The van der Waals surface area contributed by atoms with Crippen molar-refractivity contribution in [2.45, 2.75) is 26.5 Å². The van der Waals surface area contributed by atoms with Crippen molar-refractivity contribution in [2.24, 2.45) is 4.99 Å². The predicted octanol–water partition coefficient (Wildman–Crippen LogP) is 7.23. The minimum Gasteiger partial charge on any atom is -0.490 e. The second-order valence-corrected chi connectivity index (χ2v) is 13.1. The predicted molar refractivity (Wildman–Crippen MR) is 183 cm³/mol. The van der Waals surface area contributed by atoms with E-state index in [9.17, 15) is 9.59 Å². The van der Waals surface area contributed by atoms with Gasteiger partial charge in [-0.15, -0.1) is 0 Å². The quantitative estimate of drug-likeness (QED) is 0.158. The van der Waals surface area contributed by atoms with Gasteiger partial charge in [-0.1, -0.05) is 46.7 Å². The lowest BCUT2D eigenvalue weighted by Crippen LogP contribution is -2.39. The van der Waals surface area contributed by atoms with Crippen molar-refractivity contribution in [3.63, 3.8) is 0 Å². The van der Waals surface area contributed by atoms with Crippen molar-refractivity contribution in [3.05, 3.63) is 116 Å². The number of rotatable bonds is 10. The van der Waals surface area contributed by atoms with Crippen molar-refractivity contribution in [2.75, 3.05) is 20.3 Å². The molecular formula is C32H26Br2Cl2N2O6S. The number of hydrogen-bond acceptors (Lipinski definition) is 8. The van der Waals surface area contributed by atoms with Crippen LogP contribution in [0.3, 0.4) is 0 Å². The number of methoxy groups -OCH3 is 1. The van der Waals surface area contributed by atoms with Crippen LogP contribution < -0.4 is 29.1 Å². The SMILES string of the molecule is CCOc1ccc([C@@H]2C(C(=O)OC)=CN=c3s/c(=C\c4cc(Br)c(OCc5ccc(Cl)c(Cl)c5)c(Br)c4)c(=O)n32)cc1OCC. The second kappa shape index (κ2) is 14.6. The topological polar surface area (TPSA) is 88.4 Å². The average Bonchev–Trinajstić information content (AvgIpc) is 3.33. The monoisotopic (exact) mass is 794 g/mol. The Balaban J connectivity index is 1.53. The number of nitrogens with zero attached hydrogens (tertiary/aromatic N) is 2. The summed E-state index contributed by atoms with van der Waals surface area (Å²) in [7, 11) is 1.29. The van der Waals surface area contributed by atoms with Crippen LogP contribution in [0.2, 0.25) is 10.0 Å². The van der Waals surface area contributed by atoms with Crippen molar-refractivity contribution >= 4 is 78.4 Å². The summed E-state index contributed by atoms with van der Waals surface area (Å²) in [6.45, 7) is 4.89. The molecule has 0 N–H and O–H groups in total. The molecule has 0 spiro atoms. The lowest BCUT2D eigenvalue weighted by atomic mass is 9.97. The molecule has 0 bridgehead atoms. The molecule has 0 aliphatic carbocycles. The highest BCUT2D eigenvalue weighted by molar-refractivity contribution is 9.11. The third-order valence-corrected chi connectivity index (χ3v) is 9.61. The molecule has 8 nitrogen and oxygen atoms in total. The number of thiazole rings is 1. The first-order valence-corrected chi connectivity index (χ1v) is 16.9. The smallest absolute Gasteiger partial charge is 0.337 e. The first-order valence-electron chi connectivity index (χ1n) is 13.7. The van der Waals surface area contributed by atoms with Crippen LogP contribution in [0.5, 0.6) is 17.2 Å². The number of carbonyl (C=O) groups is 1. The Morgan fingerprint density at radius 1 is 0.978 bits per heavy atom. The van der Waals surface area contributed by atoms with E-state index in [0.29, 0.717) is 64.4 Å². The Kier molecular flexibility index (Phi) is 10.8. The maximum Gasteiger partial charge on any atom is 0.337 e. The van der Waals surface area contributed by atoms with Crippen LogP contribution in [0.1, 0.15) is 36.6 Å². The Bertz CT molecular complexity index is 1970. The van der Waals surface area contributed by atoms with Gasteiger partial charge < -0.3 is 18.9 Å². The van der Waals surface area contributed by atoms with E-state index >= 15 is 0 Å². The third-order valence-electron chi connectivity index (χ3n) is 6.69. The van der Waals surface area contributed by atoms with E-state index in [4.69, 9.17) is 42.1 Å². The summed E-state index contributed by atoms with van der Waals surface area (Å²) < 4.78 is 25.9. The van der Waals surface area contributed by atoms with Gasteiger partial charge in [0.15, 0.2) is 16.3 Å². The number of aromatic nitrogens is 1. The molecule has 5 rings (SSSR count). The number of ether oxygens (including phenoxy) is 4. The van der Waals surface area contributed by atoms with Gasteiger partial charge in [0, 0.05) is 6.20 Å². The van der Waals surface area contributed by atoms with E-state index in [1.165, 1.54) is 29.2 Å². The normalized spacial score (nSPS) is 14.3. The molecule has 0 amide bonds. The summed E-state index contributed by atoms with van der Waals surface area (Å²) in [5.41, 5.74) is 2.16. The van der Waals surface area contributed by atoms with Crippen LogP contribution in [0.15, 0.2) is 79.0 Å². The zero-order valence-electron chi connectivity index (χ0n) is 24.2. The number of fused-ring (bicyclic) bond motifs is 1. The summed E-state index contributed by atoms with van der Waals surface area (Å²) in [6.07, 6.45) is 3.22. The summed E-state index contributed by atoms with van der Waals surface area (Å²) in [4.78, 5) is 31.7. The van der Waals surface area contributed by atoms with Crippen LogP contribution in [0, 0.1) is 0 Å². The largest absolute Gasteiger partial charge is 0.490 e. The number of benzene rings is 3. The molecular weight excluding hydrogens is 771 g/mol. The first-order chi connectivity index (χ1) is 21.6. The highest BCUT2D eigenvalue weighted by atomic mass is 79.9.